The van der Waals surface area contributed by atoms with Crippen molar-refractivity contribution in [3.63, 3.8) is 0 Å². The summed E-state index contributed by atoms with van der Waals surface area (Å²) >= 11 is 3.62. The van der Waals surface area contributed by atoms with Crippen LogP contribution in [0, 0.1) is 0 Å². The Kier molecular flexibility index (Phi) is 3.57. The van der Waals surface area contributed by atoms with Crippen molar-refractivity contribution < 1.29 is 0 Å². The SMILES string of the molecule is CC(N[C@H](C)c1cccs1)c1cccs1. The van der Waals surface area contributed by atoms with Crippen molar-refractivity contribution in [1.29, 1.82) is 0 Å². The van der Waals surface area contributed by atoms with Crippen LogP contribution in [0.1, 0.15) is 35.7 Å². The van der Waals surface area contributed by atoms with Crippen LogP contribution in [0.4, 0.5) is 0 Å². The van der Waals surface area contributed by atoms with Crippen LogP contribution in [-0.2, 0) is 0 Å². The first-order valence-corrected chi connectivity index (χ1v) is 6.86. The Balaban J connectivity index is 1.98. The van der Waals surface area contributed by atoms with Crippen LogP contribution < -0.4 is 5.32 Å². The van der Waals surface area contributed by atoms with Crippen molar-refractivity contribution in [1.82, 2.24) is 5.32 Å². The number of thiophene rings is 2. The predicted molar refractivity (Wildman–Crippen MR) is 68.6 cm³/mol. The summed E-state index contributed by atoms with van der Waals surface area (Å²) in [6.07, 6.45) is 0. The highest BCUT2D eigenvalue weighted by atomic mass is 32.1. The molecule has 0 spiro atoms. The van der Waals surface area contributed by atoms with E-state index in [9.17, 15) is 0 Å². The molecule has 2 rings (SSSR count). The molecule has 80 valence electrons. The van der Waals surface area contributed by atoms with Crippen LogP contribution in [0.2, 0.25) is 0 Å². The van der Waals surface area contributed by atoms with Crippen LogP contribution in [-0.4, -0.2) is 0 Å². The number of hydrogen-bond acceptors (Lipinski definition) is 3. The van der Waals surface area contributed by atoms with Crippen LogP contribution in [0.3, 0.4) is 0 Å². The van der Waals surface area contributed by atoms with Gasteiger partial charge in [-0.05, 0) is 36.7 Å². The highest BCUT2D eigenvalue weighted by molar-refractivity contribution is 7.10. The van der Waals surface area contributed by atoms with Crippen molar-refractivity contribution >= 4 is 22.7 Å². The summed E-state index contributed by atoms with van der Waals surface area (Å²) in [5, 5.41) is 7.86. The van der Waals surface area contributed by atoms with Gasteiger partial charge in [0.05, 0.1) is 0 Å². The molecule has 0 saturated carbocycles. The first-order valence-electron chi connectivity index (χ1n) is 5.10. The van der Waals surface area contributed by atoms with E-state index in [1.54, 1.807) is 0 Å². The summed E-state index contributed by atoms with van der Waals surface area (Å²) in [6, 6.07) is 9.44. The Labute approximate surface area is 98.8 Å². The first kappa shape index (κ1) is 10.9. The van der Waals surface area contributed by atoms with E-state index in [0.717, 1.165) is 0 Å². The zero-order valence-corrected chi connectivity index (χ0v) is 10.6. The predicted octanol–water partition coefficient (Wildman–Crippen LogP) is 4.22. The average Bonchev–Trinajstić information content (AvgIpc) is 2.91. The lowest BCUT2D eigenvalue weighted by atomic mass is 10.2. The molecule has 0 aliphatic heterocycles. The van der Waals surface area contributed by atoms with Crippen LogP contribution >= 0.6 is 22.7 Å². The molecule has 1 N–H and O–H groups in total. The molecule has 0 aromatic carbocycles. The van der Waals surface area contributed by atoms with Gasteiger partial charge in [0, 0.05) is 21.8 Å². The van der Waals surface area contributed by atoms with E-state index in [1.807, 2.05) is 22.7 Å². The standard InChI is InChI=1S/C12H15NS2/c1-9(11-5-3-7-14-11)13-10(2)12-6-4-8-15-12/h3-10,13H,1-2H3/t9-,10?/m1/s1. The van der Waals surface area contributed by atoms with Crippen LogP contribution in [0.15, 0.2) is 35.0 Å². The van der Waals surface area contributed by atoms with Gasteiger partial charge in [-0.1, -0.05) is 12.1 Å². The Morgan fingerprint density at radius 2 is 1.40 bits per heavy atom. The highest BCUT2D eigenvalue weighted by Crippen LogP contribution is 2.24. The summed E-state index contributed by atoms with van der Waals surface area (Å²) in [5.41, 5.74) is 0. The van der Waals surface area contributed by atoms with Crippen molar-refractivity contribution in [2.45, 2.75) is 25.9 Å². The maximum Gasteiger partial charge on any atom is 0.0391 e. The second-order valence-corrected chi connectivity index (χ2v) is 5.60. The quantitative estimate of drug-likeness (QED) is 0.839. The molecular weight excluding hydrogens is 222 g/mol. The molecule has 0 fully saturated rings. The van der Waals surface area contributed by atoms with Crippen LogP contribution in [0.5, 0.6) is 0 Å². The van der Waals surface area contributed by atoms with Gasteiger partial charge in [0.25, 0.3) is 0 Å². The minimum absolute atomic E-state index is 0.432. The van der Waals surface area contributed by atoms with Gasteiger partial charge in [0.15, 0.2) is 0 Å². The third-order valence-electron chi connectivity index (χ3n) is 2.44. The maximum absolute atomic E-state index is 3.61. The topological polar surface area (TPSA) is 12.0 Å². The molecule has 1 nitrogen and oxygen atoms in total. The third kappa shape index (κ3) is 2.68. The van der Waals surface area contributed by atoms with E-state index in [2.05, 4.69) is 54.2 Å². The lowest BCUT2D eigenvalue weighted by molar-refractivity contribution is 0.506. The summed E-state index contributed by atoms with van der Waals surface area (Å²) in [5.74, 6) is 0. The smallest absolute Gasteiger partial charge is 0.0391 e. The molecule has 1 unspecified atom stereocenters. The van der Waals surface area contributed by atoms with Gasteiger partial charge in [-0.2, -0.15) is 0 Å². The highest BCUT2D eigenvalue weighted by Gasteiger charge is 2.11. The molecule has 2 aromatic heterocycles. The molecular formula is C12H15NS2. The molecule has 0 amide bonds. The van der Waals surface area contributed by atoms with Gasteiger partial charge in [0.2, 0.25) is 0 Å². The minimum atomic E-state index is 0.432. The minimum Gasteiger partial charge on any atom is -0.302 e. The molecule has 2 heterocycles. The van der Waals surface area contributed by atoms with E-state index in [1.165, 1.54) is 9.75 Å². The van der Waals surface area contributed by atoms with Gasteiger partial charge in [-0.15, -0.1) is 22.7 Å². The number of rotatable bonds is 4. The van der Waals surface area contributed by atoms with Gasteiger partial charge in [-0.25, -0.2) is 0 Å². The molecule has 0 saturated heterocycles. The van der Waals surface area contributed by atoms with E-state index in [4.69, 9.17) is 0 Å². The summed E-state index contributed by atoms with van der Waals surface area (Å²) in [4.78, 5) is 2.80. The third-order valence-corrected chi connectivity index (χ3v) is 4.55. The molecule has 3 heteroatoms. The molecule has 2 aromatic rings. The fraction of sp³-hybridized carbons (Fsp3) is 0.333. The van der Waals surface area contributed by atoms with Crippen LogP contribution in [0.25, 0.3) is 0 Å². The zero-order valence-electron chi connectivity index (χ0n) is 8.94. The Bertz CT molecular complexity index is 339. The van der Waals surface area contributed by atoms with E-state index in [0.29, 0.717) is 12.1 Å². The van der Waals surface area contributed by atoms with Gasteiger partial charge in [0.1, 0.15) is 0 Å². The maximum atomic E-state index is 3.61. The second kappa shape index (κ2) is 4.92. The Morgan fingerprint density at radius 3 is 1.73 bits per heavy atom. The first-order chi connectivity index (χ1) is 7.27. The molecule has 0 bridgehead atoms. The van der Waals surface area contributed by atoms with Gasteiger partial charge >= 0.3 is 0 Å². The Hall–Kier alpha value is -0.640. The fourth-order valence-corrected chi connectivity index (χ4v) is 3.10. The summed E-state index contributed by atoms with van der Waals surface area (Å²) < 4.78 is 0. The Morgan fingerprint density at radius 1 is 0.933 bits per heavy atom. The average molecular weight is 237 g/mol. The van der Waals surface area contributed by atoms with Crippen molar-refractivity contribution in [3.8, 4) is 0 Å². The van der Waals surface area contributed by atoms with Crippen molar-refractivity contribution in [3.05, 3.63) is 44.8 Å². The largest absolute Gasteiger partial charge is 0.302 e. The lowest BCUT2D eigenvalue weighted by Gasteiger charge is -2.17. The zero-order chi connectivity index (χ0) is 10.7. The monoisotopic (exact) mass is 237 g/mol. The second-order valence-electron chi connectivity index (χ2n) is 3.64. The van der Waals surface area contributed by atoms with Gasteiger partial charge < -0.3 is 5.32 Å². The number of hydrogen-bond donors (Lipinski definition) is 1. The summed E-state index contributed by atoms with van der Waals surface area (Å²) in [6.45, 7) is 4.44. The molecule has 2 atom stereocenters. The fourth-order valence-electron chi connectivity index (χ4n) is 1.61. The van der Waals surface area contributed by atoms with Crippen molar-refractivity contribution in [2.24, 2.45) is 0 Å². The van der Waals surface area contributed by atoms with E-state index < -0.39 is 0 Å². The molecule has 0 radical (unpaired) electrons. The molecule has 0 aliphatic carbocycles. The normalized spacial score (nSPS) is 15.1. The number of nitrogens with one attached hydrogen (secondary N) is 1. The summed E-state index contributed by atoms with van der Waals surface area (Å²) in [7, 11) is 0. The molecule has 15 heavy (non-hydrogen) atoms. The molecule has 0 aliphatic rings. The van der Waals surface area contributed by atoms with E-state index >= 15 is 0 Å². The van der Waals surface area contributed by atoms with Gasteiger partial charge in [-0.3, -0.25) is 0 Å². The lowest BCUT2D eigenvalue weighted by Crippen LogP contribution is -2.20. The van der Waals surface area contributed by atoms with E-state index in [-0.39, 0.29) is 0 Å². The van der Waals surface area contributed by atoms with Crippen molar-refractivity contribution in [2.75, 3.05) is 0 Å².